The summed E-state index contributed by atoms with van der Waals surface area (Å²) in [5.74, 6) is 0.773. The van der Waals surface area contributed by atoms with Crippen LogP contribution in [-0.4, -0.2) is 39.0 Å². The van der Waals surface area contributed by atoms with Crippen molar-refractivity contribution < 1.29 is 18.7 Å². The summed E-state index contributed by atoms with van der Waals surface area (Å²) < 4.78 is 10.6. The molecule has 0 N–H and O–H groups in total. The molecule has 0 unspecified atom stereocenters. The van der Waals surface area contributed by atoms with E-state index in [4.69, 9.17) is 8.94 Å². The number of nitro benzene ring substituents is 1. The molecule has 0 radical (unpaired) electrons. The van der Waals surface area contributed by atoms with Crippen molar-refractivity contribution in [1.82, 2.24) is 15.0 Å². The number of amides is 1. The number of furan rings is 1. The Morgan fingerprint density at radius 1 is 0.969 bits per heavy atom. The molecule has 32 heavy (non-hydrogen) atoms. The Labute approximate surface area is 183 Å². The van der Waals surface area contributed by atoms with Gasteiger partial charge in [-0.3, -0.25) is 14.9 Å². The van der Waals surface area contributed by atoms with E-state index >= 15 is 0 Å². The fourth-order valence-corrected chi connectivity index (χ4v) is 3.22. The maximum absolute atomic E-state index is 12.9. The summed E-state index contributed by atoms with van der Waals surface area (Å²) in [5.41, 5.74) is 1.73. The molecule has 0 atom stereocenters. The molecule has 0 spiro atoms. The summed E-state index contributed by atoms with van der Waals surface area (Å²) in [5, 5.41) is 14.8. The van der Waals surface area contributed by atoms with Crippen molar-refractivity contribution in [3.63, 3.8) is 0 Å². The number of hydrogen-bond donors (Lipinski definition) is 0. The molecule has 0 aliphatic carbocycles. The second kappa shape index (κ2) is 9.69. The first-order valence-electron chi connectivity index (χ1n) is 10.0. The molecule has 9 nitrogen and oxygen atoms in total. The molecule has 4 aromatic rings. The smallest absolute Gasteiger partial charge is 0.289 e. The second-order valence-electron chi connectivity index (χ2n) is 7.07. The van der Waals surface area contributed by atoms with E-state index < -0.39 is 4.92 Å². The van der Waals surface area contributed by atoms with Crippen LogP contribution in [0.3, 0.4) is 0 Å². The van der Waals surface area contributed by atoms with Gasteiger partial charge in [0.25, 0.3) is 11.6 Å². The van der Waals surface area contributed by atoms with E-state index in [1.165, 1.54) is 18.4 Å². The molecule has 4 rings (SSSR count). The van der Waals surface area contributed by atoms with Crippen LogP contribution in [-0.2, 0) is 12.8 Å². The summed E-state index contributed by atoms with van der Waals surface area (Å²) in [7, 11) is 0. The zero-order valence-electron chi connectivity index (χ0n) is 17.1. The topological polar surface area (TPSA) is 116 Å². The lowest BCUT2D eigenvalue weighted by molar-refractivity contribution is -0.384. The van der Waals surface area contributed by atoms with Crippen LogP contribution in [0.5, 0.6) is 0 Å². The standard InChI is InChI=1S/C23H20N4O5/c28-23(20-7-4-16-31-20)26(14-12-17-5-2-1-3-6-17)15-13-21-24-22(25-32-21)18-8-10-19(11-9-18)27(29)30/h1-11,16H,12-15H2. The van der Waals surface area contributed by atoms with E-state index in [0.717, 1.165) is 5.56 Å². The largest absolute Gasteiger partial charge is 0.459 e. The first-order chi connectivity index (χ1) is 15.6. The minimum atomic E-state index is -0.467. The molecule has 1 amide bonds. The van der Waals surface area contributed by atoms with Crippen molar-refractivity contribution in [3.05, 3.63) is 100 Å². The number of carbonyl (C=O) groups excluding carboxylic acids is 1. The highest BCUT2D eigenvalue weighted by Crippen LogP contribution is 2.20. The van der Waals surface area contributed by atoms with Crippen LogP contribution in [0.2, 0.25) is 0 Å². The molecule has 2 heterocycles. The highest BCUT2D eigenvalue weighted by atomic mass is 16.6. The summed E-state index contributed by atoms with van der Waals surface area (Å²) in [6.07, 6.45) is 2.53. The number of nitro groups is 1. The number of non-ortho nitro benzene ring substituents is 1. The molecule has 0 fully saturated rings. The Kier molecular flexibility index (Phi) is 6.35. The molecule has 2 aromatic carbocycles. The summed E-state index contributed by atoms with van der Waals surface area (Å²) in [6.45, 7) is 0.876. The predicted octanol–water partition coefficient (Wildman–Crippen LogP) is 4.17. The average molecular weight is 432 g/mol. The van der Waals surface area contributed by atoms with Crippen LogP contribution in [0.1, 0.15) is 22.0 Å². The molecule has 0 bridgehead atoms. The Hall–Kier alpha value is -4.27. The first kappa shape index (κ1) is 21.0. The third kappa shape index (κ3) is 5.07. The quantitative estimate of drug-likeness (QED) is 0.288. The molecular weight excluding hydrogens is 412 g/mol. The molecular formula is C23H20N4O5. The van der Waals surface area contributed by atoms with Crippen molar-refractivity contribution in [2.45, 2.75) is 12.8 Å². The van der Waals surface area contributed by atoms with Crippen molar-refractivity contribution >= 4 is 11.6 Å². The normalized spacial score (nSPS) is 10.8. The number of benzene rings is 2. The van der Waals surface area contributed by atoms with E-state index in [0.29, 0.717) is 43.2 Å². The van der Waals surface area contributed by atoms with Crippen molar-refractivity contribution in [3.8, 4) is 11.4 Å². The summed E-state index contributed by atoms with van der Waals surface area (Å²) in [4.78, 5) is 29.3. The second-order valence-corrected chi connectivity index (χ2v) is 7.07. The highest BCUT2D eigenvalue weighted by molar-refractivity contribution is 5.91. The SMILES string of the molecule is O=C(c1ccco1)N(CCc1ccccc1)CCc1nc(-c2ccc([N+](=O)[O-])cc2)no1. The van der Waals surface area contributed by atoms with Crippen LogP contribution < -0.4 is 0 Å². The van der Waals surface area contributed by atoms with Crippen LogP contribution in [0.25, 0.3) is 11.4 Å². The zero-order chi connectivity index (χ0) is 22.3. The highest BCUT2D eigenvalue weighted by Gasteiger charge is 2.20. The van der Waals surface area contributed by atoms with Crippen LogP contribution in [0.15, 0.2) is 81.9 Å². The van der Waals surface area contributed by atoms with Gasteiger partial charge in [0.05, 0.1) is 11.2 Å². The number of nitrogens with zero attached hydrogens (tertiary/aromatic N) is 4. The van der Waals surface area contributed by atoms with E-state index in [1.807, 2.05) is 30.3 Å². The van der Waals surface area contributed by atoms with E-state index in [9.17, 15) is 14.9 Å². The Balaban J connectivity index is 1.43. The molecule has 2 aromatic heterocycles. The van der Waals surface area contributed by atoms with Gasteiger partial charge in [-0.1, -0.05) is 35.5 Å². The van der Waals surface area contributed by atoms with Gasteiger partial charge in [-0.2, -0.15) is 4.98 Å². The third-order valence-electron chi connectivity index (χ3n) is 4.93. The fraction of sp³-hybridized carbons (Fsp3) is 0.174. The molecule has 0 saturated carbocycles. The zero-order valence-corrected chi connectivity index (χ0v) is 17.1. The van der Waals surface area contributed by atoms with Gasteiger partial charge >= 0.3 is 0 Å². The van der Waals surface area contributed by atoms with Gasteiger partial charge in [-0.05, 0) is 36.2 Å². The number of carbonyl (C=O) groups is 1. The maximum atomic E-state index is 12.9. The Morgan fingerprint density at radius 3 is 2.41 bits per heavy atom. The summed E-state index contributed by atoms with van der Waals surface area (Å²) >= 11 is 0. The maximum Gasteiger partial charge on any atom is 0.289 e. The fourth-order valence-electron chi connectivity index (χ4n) is 3.22. The van der Waals surface area contributed by atoms with Crippen molar-refractivity contribution in [2.75, 3.05) is 13.1 Å². The number of rotatable bonds is 9. The Morgan fingerprint density at radius 2 is 1.72 bits per heavy atom. The van der Waals surface area contributed by atoms with Crippen molar-refractivity contribution in [2.24, 2.45) is 0 Å². The third-order valence-corrected chi connectivity index (χ3v) is 4.93. The number of hydrogen-bond acceptors (Lipinski definition) is 7. The average Bonchev–Trinajstić information content (AvgIpc) is 3.52. The van der Waals surface area contributed by atoms with Crippen molar-refractivity contribution in [1.29, 1.82) is 0 Å². The molecule has 0 aliphatic rings. The van der Waals surface area contributed by atoms with E-state index in [-0.39, 0.29) is 17.4 Å². The first-order valence-corrected chi connectivity index (χ1v) is 10.0. The lowest BCUT2D eigenvalue weighted by Gasteiger charge is -2.21. The van der Waals surface area contributed by atoms with Gasteiger partial charge in [0.15, 0.2) is 5.76 Å². The van der Waals surface area contributed by atoms with Gasteiger partial charge in [-0.25, -0.2) is 0 Å². The van der Waals surface area contributed by atoms with E-state index in [1.54, 1.807) is 29.2 Å². The summed E-state index contributed by atoms with van der Waals surface area (Å²) in [6, 6.07) is 19.1. The Bertz CT molecular complexity index is 1170. The van der Waals surface area contributed by atoms with Crippen LogP contribution in [0.4, 0.5) is 5.69 Å². The molecule has 0 aliphatic heterocycles. The minimum Gasteiger partial charge on any atom is -0.459 e. The predicted molar refractivity (Wildman–Crippen MR) is 115 cm³/mol. The van der Waals surface area contributed by atoms with E-state index in [2.05, 4.69) is 10.1 Å². The van der Waals surface area contributed by atoms with Gasteiger partial charge in [-0.15, -0.1) is 0 Å². The van der Waals surface area contributed by atoms with Crippen LogP contribution >= 0.6 is 0 Å². The molecule has 162 valence electrons. The molecule has 9 heteroatoms. The molecule has 0 saturated heterocycles. The number of aromatic nitrogens is 2. The van der Waals surface area contributed by atoms with Gasteiger partial charge in [0.2, 0.25) is 11.7 Å². The monoisotopic (exact) mass is 432 g/mol. The lowest BCUT2D eigenvalue weighted by Crippen LogP contribution is -2.34. The van der Waals surface area contributed by atoms with Crippen LogP contribution in [0, 0.1) is 10.1 Å². The van der Waals surface area contributed by atoms with Gasteiger partial charge < -0.3 is 13.8 Å². The lowest BCUT2D eigenvalue weighted by atomic mass is 10.1. The minimum absolute atomic E-state index is 0.0111. The van der Waals surface area contributed by atoms with Gasteiger partial charge in [0.1, 0.15) is 0 Å². The van der Waals surface area contributed by atoms with Gasteiger partial charge in [0, 0.05) is 37.2 Å².